The number of para-hydroxylation sites is 7. The van der Waals surface area contributed by atoms with E-state index in [1.807, 2.05) is 73.6 Å². The van der Waals surface area contributed by atoms with Gasteiger partial charge in [-0.25, -0.2) is 15.0 Å². The zero-order valence-corrected chi connectivity index (χ0v) is 17.6. The minimum Gasteiger partial charge on any atom is -0.297 e. The van der Waals surface area contributed by atoms with Gasteiger partial charge in [0.25, 0.3) is 0 Å². The third kappa shape index (κ3) is 2.64. The van der Waals surface area contributed by atoms with Crippen LogP contribution in [-0.4, -0.2) is 28.7 Å². The maximum Gasteiger partial charge on any atom is 0.101 e. The number of hydrogen-bond acceptors (Lipinski definition) is 3. The molecule has 0 unspecified atom stereocenters. The first kappa shape index (κ1) is 17.9. The Hall–Kier alpha value is -4.71. The van der Waals surface area contributed by atoms with Crippen molar-refractivity contribution in [1.82, 2.24) is 28.7 Å². The largest absolute Gasteiger partial charge is 0.297 e. The summed E-state index contributed by atoms with van der Waals surface area (Å²) in [7, 11) is 0. The average Bonchev–Trinajstić information content (AvgIpc) is 3.60. The molecule has 0 fully saturated rings. The molecule has 0 spiro atoms. The first-order valence-corrected chi connectivity index (χ1v) is 10.8. The second-order valence-electron chi connectivity index (χ2n) is 7.95. The molecule has 3 heterocycles. The Morgan fingerprint density at radius 3 is 1.27 bits per heavy atom. The van der Waals surface area contributed by atoms with Gasteiger partial charge < -0.3 is 0 Å². The second-order valence-corrected chi connectivity index (χ2v) is 7.95. The Bertz CT molecular complexity index is 1690. The van der Waals surface area contributed by atoms with Crippen LogP contribution in [0.2, 0.25) is 0 Å². The van der Waals surface area contributed by atoms with Crippen LogP contribution in [0.1, 0.15) is 0 Å². The van der Waals surface area contributed by atoms with Gasteiger partial charge in [0.2, 0.25) is 0 Å². The average molecular weight is 426 g/mol. The van der Waals surface area contributed by atoms with Crippen molar-refractivity contribution in [2.24, 2.45) is 0 Å². The molecule has 6 nitrogen and oxygen atoms in total. The molecular formula is C27H18N6. The lowest BCUT2D eigenvalue weighted by Gasteiger charge is -2.18. The van der Waals surface area contributed by atoms with Gasteiger partial charge in [-0.1, -0.05) is 42.5 Å². The van der Waals surface area contributed by atoms with Crippen molar-refractivity contribution in [3.05, 3.63) is 110 Å². The molecule has 0 amide bonds. The Labute approximate surface area is 189 Å². The number of imidazole rings is 3. The lowest BCUT2D eigenvalue weighted by molar-refractivity contribution is 0.981. The highest BCUT2D eigenvalue weighted by atomic mass is 15.2. The van der Waals surface area contributed by atoms with Crippen LogP contribution in [0.5, 0.6) is 0 Å². The van der Waals surface area contributed by atoms with Crippen molar-refractivity contribution in [3.8, 4) is 17.1 Å². The molecule has 0 N–H and O–H groups in total. The van der Waals surface area contributed by atoms with E-state index in [4.69, 9.17) is 0 Å². The zero-order valence-electron chi connectivity index (χ0n) is 17.6. The van der Waals surface area contributed by atoms with E-state index in [0.29, 0.717) is 0 Å². The molecule has 0 saturated heterocycles. The summed E-state index contributed by atoms with van der Waals surface area (Å²) >= 11 is 0. The summed E-state index contributed by atoms with van der Waals surface area (Å²) in [5, 5.41) is 0. The molecule has 0 aliphatic carbocycles. The van der Waals surface area contributed by atoms with E-state index < -0.39 is 0 Å². The molecule has 0 saturated carbocycles. The molecule has 156 valence electrons. The first-order valence-electron chi connectivity index (χ1n) is 10.8. The van der Waals surface area contributed by atoms with Crippen molar-refractivity contribution in [1.29, 1.82) is 0 Å². The fourth-order valence-electron chi connectivity index (χ4n) is 4.59. The number of rotatable bonds is 3. The van der Waals surface area contributed by atoms with Gasteiger partial charge in [0.1, 0.15) is 19.0 Å². The summed E-state index contributed by atoms with van der Waals surface area (Å²) in [5.41, 5.74) is 9.05. The molecule has 0 radical (unpaired) electrons. The normalized spacial score (nSPS) is 11.6. The first-order chi connectivity index (χ1) is 16.4. The molecular weight excluding hydrogens is 408 g/mol. The van der Waals surface area contributed by atoms with Crippen molar-refractivity contribution < 1.29 is 0 Å². The zero-order chi connectivity index (χ0) is 21.8. The third-order valence-corrected chi connectivity index (χ3v) is 6.11. The lowest BCUT2D eigenvalue weighted by Crippen LogP contribution is -2.07. The number of nitrogens with zero attached hydrogens (tertiary/aromatic N) is 6. The number of hydrogen-bond donors (Lipinski definition) is 0. The van der Waals surface area contributed by atoms with Crippen LogP contribution in [0, 0.1) is 0 Å². The standard InChI is InChI=1S/C27H18N6/c1-4-11-22-19(8-1)28-16-31(22)25-14-7-15-26(32-17-29-20-9-2-5-12-23(20)32)27(25)33-18-30-21-10-3-6-13-24(21)33/h1-18H. The van der Waals surface area contributed by atoms with Crippen molar-refractivity contribution in [3.63, 3.8) is 0 Å². The van der Waals surface area contributed by atoms with Gasteiger partial charge in [0.15, 0.2) is 0 Å². The van der Waals surface area contributed by atoms with E-state index >= 15 is 0 Å². The monoisotopic (exact) mass is 426 g/mol. The molecule has 7 rings (SSSR count). The van der Waals surface area contributed by atoms with E-state index in [2.05, 4.69) is 65.1 Å². The van der Waals surface area contributed by atoms with Crippen LogP contribution in [0.25, 0.3) is 50.2 Å². The predicted octanol–water partition coefficient (Wildman–Crippen LogP) is 5.70. The summed E-state index contributed by atoms with van der Waals surface area (Å²) in [6.07, 6.45) is 5.67. The number of fused-ring (bicyclic) bond motifs is 3. The molecule has 33 heavy (non-hydrogen) atoms. The van der Waals surface area contributed by atoms with Crippen molar-refractivity contribution in [2.75, 3.05) is 0 Å². The predicted molar refractivity (Wildman–Crippen MR) is 130 cm³/mol. The molecule has 7 aromatic rings. The van der Waals surface area contributed by atoms with E-state index in [0.717, 1.165) is 50.2 Å². The smallest absolute Gasteiger partial charge is 0.101 e. The van der Waals surface area contributed by atoms with Gasteiger partial charge in [-0.15, -0.1) is 0 Å². The molecule has 0 bridgehead atoms. The van der Waals surface area contributed by atoms with Crippen LogP contribution in [0.15, 0.2) is 110 Å². The van der Waals surface area contributed by atoms with E-state index in [1.54, 1.807) is 0 Å². The molecule has 0 atom stereocenters. The summed E-state index contributed by atoms with van der Waals surface area (Å²) in [6.45, 7) is 0. The molecule has 4 aromatic carbocycles. The summed E-state index contributed by atoms with van der Waals surface area (Å²) in [5.74, 6) is 0. The highest BCUT2D eigenvalue weighted by Gasteiger charge is 2.19. The Morgan fingerprint density at radius 2 is 0.788 bits per heavy atom. The highest BCUT2D eigenvalue weighted by molar-refractivity contribution is 5.85. The summed E-state index contributed by atoms with van der Waals surface area (Å²) in [4.78, 5) is 14.0. The quantitative estimate of drug-likeness (QED) is 0.364. The Kier molecular flexibility index (Phi) is 3.75. The fourth-order valence-corrected chi connectivity index (χ4v) is 4.59. The molecule has 0 aliphatic rings. The SMILES string of the molecule is c1cc(-n2cnc3ccccc32)c(-n2cnc3ccccc32)c(-n2cnc3ccccc32)c1. The van der Waals surface area contributed by atoms with Gasteiger partial charge in [-0.05, 0) is 48.5 Å². The maximum absolute atomic E-state index is 4.68. The molecule has 6 heteroatoms. The summed E-state index contributed by atoms with van der Waals surface area (Å²) < 4.78 is 6.44. The second kappa shape index (κ2) is 6.90. The van der Waals surface area contributed by atoms with E-state index in [1.165, 1.54) is 0 Å². The Morgan fingerprint density at radius 1 is 0.394 bits per heavy atom. The lowest BCUT2D eigenvalue weighted by atomic mass is 10.2. The van der Waals surface area contributed by atoms with Gasteiger partial charge in [-0.3, -0.25) is 13.7 Å². The van der Waals surface area contributed by atoms with Gasteiger partial charge >= 0.3 is 0 Å². The molecule has 0 aliphatic heterocycles. The van der Waals surface area contributed by atoms with E-state index in [9.17, 15) is 0 Å². The fraction of sp³-hybridized carbons (Fsp3) is 0. The van der Waals surface area contributed by atoms with Gasteiger partial charge in [-0.2, -0.15) is 0 Å². The van der Waals surface area contributed by atoms with Gasteiger partial charge in [0.05, 0.1) is 50.2 Å². The Balaban J connectivity index is 1.61. The minimum absolute atomic E-state index is 0.948. The van der Waals surface area contributed by atoms with Crippen LogP contribution in [0.4, 0.5) is 0 Å². The number of aromatic nitrogens is 6. The van der Waals surface area contributed by atoms with Crippen LogP contribution in [0.3, 0.4) is 0 Å². The topological polar surface area (TPSA) is 53.5 Å². The van der Waals surface area contributed by atoms with Gasteiger partial charge in [0, 0.05) is 0 Å². The summed E-state index contributed by atoms with van der Waals surface area (Å²) in [6, 6.07) is 30.9. The number of benzene rings is 4. The van der Waals surface area contributed by atoms with Crippen LogP contribution >= 0.6 is 0 Å². The van der Waals surface area contributed by atoms with Crippen LogP contribution in [-0.2, 0) is 0 Å². The van der Waals surface area contributed by atoms with Crippen molar-refractivity contribution >= 4 is 33.1 Å². The molecule has 3 aromatic heterocycles. The highest BCUT2D eigenvalue weighted by Crippen LogP contribution is 2.33. The maximum atomic E-state index is 4.68. The minimum atomic E-state index is 0.948. The third-order valence-electron chi connectivity index (χ3n) is 6.11. The van der Waals surface area contributed by atoms with Crippen LogP contribution < -0.4 is 0 Å². The van der Waals surface area contributed by atoms with Crippen molar-refractivity contribution in [2.45, 2.75) is 0 Å². The van der Waals surface area contributed by atoms with E-state index in [-0.39, 0.29) is 0 Å².